The van der Waals surface area contributed by atoms with E-state index in [4.69, 9.17) is 5.73 Å². The second-order valence-corrected chi connectivity index (χ2v) is 2.76. The fourth-order valence-corrected chi connectivity index (χ4v) is 1.00. The topological polar surface area (TPSA) is 106 Å². The van der Waals surface area contributed by atoms with E-state index >= 15 is 0 Å². The molecule has 0 aliphatic rings. The number of nitrogens with two attached hydrogens (primary N) is 1. The van der Waals surface area contributed by atoms with Crippen molar-refractivity contribution in [1.82, 2.24) is 10.3 Å². The van der Waals surface area contributed by atoms with E-state index in [1.807, 2.05) is 12.1 Å². The van der Waals surface area contributed by atoms with E-state index in [1.54, 1.807) is 12.4 Å². The molecule has 0 saturated carbocycles. The molecular formula is C8H11N5O2. The van der Waals surface area contributed by atoms with Crippen LogP contribution in [-0.2, 0) is 6.42 Å². The minimum atomic E-state index is -0.841. The first-order valence-corrected chi connectivity index (χ1v) is 4.29. The van der Waals surface area contributed by atoms with Crippen molar-refractivity contribution >= 4 is 5.96 Å². The molecule has 0 amide bonds. The van der Waals surface area contributed by atoms with E-state index < -0.39 is 5.03 Å². The van der Waals surface area contributed by atoms with Gasteiger partial charge in [0.25, 0.3) is 5.96 Å². The van der Waals surface area contributed by atoms with E-state index in [1.165, 1.54) is 0 Å². The van der Waals surface area contributed by atoms with Crippen molar-refractivity contribution in [2.45, 2.75) is 6.42 Å². The zero-order chi connectivity index (χ0) is 11.1. The lowest BCUT2D eigenvalue weighted by atomic mass is 10.2. The first-order chi connectivity index (χ1) is 7.18. The first-order valence-electron chi connectivity index (χ1n) is 4.29. The number of hydrogen-bond donors (Lipinski definition) is 2. The van der Waals surface area contributed by atoms with Gasteiger partial charge in [0, 0.05) is 18.9 Å². The second-order valence-electron chi connectivity index (χ2n) is 2.76. The number of nitro groups is 1. The fraction of sp³-hybridized carbons (Fsp3) is 0.250. The summed E-state index contributed by atoms with van der Waals surface area (Å²) in [6.45, 7) is 0.481. The number of rotatable bonds is 4. The van der Waals surface area contributed by atoms with Gasteiger partial charge in [-0.2, -0.15) is 0 Å². The summed E-state index contributed by atoms with van der Waals surface area (Å²) in [5, 5.41) is 14.6. The molecule has 0 bridgehead atoms. The molecule has 7 heteroatoms. The van der Waals surface area contributed by atoms with Gasteiger partial charge >= 0.3 is 0 Å². The highest BCUT2D eigenvalue weighted by molar-refractivity contribution is 5.76. The minimum absolute atomic E-state index is 0.191. The van der Waals surface area contributed by atoms with Crippen LogP contribution in [0.25, 0.3) is 0 Å². The molecule has 0 saturated heterocycles. The van der Waals surface area contributed by atoms with Gasteiger partial charge in [0.15, 0.2) is 5.03 Å². The molecule has 0 aliphatic heterocycles. The van der Waals surface area contributed by atoms with Crippen molar-refractivity contribution in [3.8, 4) is 0 Å². The summed E-state index contributed by atoms with van der Waals surface area (Å²) >= 11 is 0. The van der Waals surface area contributed by atoms with Crippen molar-refractivity contribution in [3.05, 3.63) is 40.2 Å². The van der Waals surface area contributed by atoms with Gasteiger partial charge in [0.05, 0.1) is 0 Å². The summed E-state index contributed by atoms with van der Waals surface area (Å²) in [7, 11) is 0. The Morgan fingerprint density at radius 2 is 2.53 bits per heavy atom. The number of nitrogens with one attached hydrogen (secondary N) is 1. The third kappa shape index (κ3) is 4.55. The van der Waals surface area contributed by atoms with Crippen LogP contribution in [0.5, 0.6) is 0 Å². The number of aromatic nitrogens is 1. The molecule has 0 aliphatic carbocycles. The zero-order valence-corrected chi connectivity index (χ0v) is 7.96. The van der Waals surface area contributed by atoms with Crippen molar-refractivity contribution in [2.75, 3.05) is 6.54 Å². The maximum atomic E-state index is 9.93. The maximum absolute atomic E-state index is 9.93. The van der Waals surface area contributed by atoms with Crippen molar-refractivity contribution < 1.29 is 5.03 Å². The molecule has 80 valence electrons. The zero-order valence-electron chi connectivity index (χ0n) is 7.96. The second kappa shape index (κ2) is 5.53. The quantitative estimate of drug-likeness (QED) is 0.307. The number of hydrogen-bond acceptors (Lipinski definition) is 3. The van der Waals surface area contributed by atoms with Crippen molar-refractivity contribution in [3.63, 3.8) is 0 Å². The third-order valence-electron chi connectivity index (χ3n) is 1.63. The van der Waals surface area contributed by atoms with Crippen molar-refractivity contribution in [1.29, 1.82) is 0 Å². The highest BCUT2D eigenvalue weighted by Gasteiger charge is 1.98. The normalized spacial score (nSPS) is 11.1. The smallest absolute Gasteiger partial charge is 0.266 e. The van der Waals surface area contributed by atoms with Crippen LogP contribution in [0.1, 0.15) is 5.56 Å². The van der Waals surface area contributed by atoms with Gasteiger partial charge in [0.2, 0.25) is 0 Å². The predicted molar refractivity (Wildman–Crippen MR) is 54.6 cm³/mol. The number of nitrogens with zero attached hydrogens (tertiary/aromatic N) is 3. The summed E-state index contributed by atoms with van der Waals surface area (Å²) in [6, 6.07) is 3.74. The first kappa shape index (κ1) is 10.9. The van der Waals surface area contributed by atoms with Gasteiger partial charge in [0.1, 0.15) is 5.10 Å². The highest BCUT2D eigenvalue weighted by Crippen LogP contribution is 1.94. The summed E-state index contributed by atoms with van der Waals surface area (Å²) in [6.07, 6.45) is 4.09. The van der Waals surface area contributed by atoms with Gasteiger partial charge in [-0.05, 0) is 18.1 Å². The Kier molecular flexibility index (Phi) is 4.02. The number of hydrazone groups is 1. The number of pyridine rings is 1. The van der Waals surface area contributed by atoms with Gasteiger partial charge in [-0.15, -0.1) is 0 Å². The molecule has 1 heterocycles. The van der Waals surface area contributed by atoms with Crippen LogP contribution in [0.4, 0.5) is 0 Å². The van der Waals surface area contributed by atoms with Gasteiger partial charge in [-0.25, -0.2) is 10.1 Å². The van der Waals surface area contributed by atoms with Crippen LogP contribution in [0.3, 0.4) is 0 Å². The largest absolute Gasteiger partial charge is 0.365 e. The van der Waals surface area contributed by atoms with Gasteiger partial charge < -0.3 is 11.1 Å². The Morgan fingerprint density at radius 1 is 1.73 bits per heavy atom. The van der Waals surface area contributed by atoms with E-state index in [-0.39, 0.29) is 5.96 Å². The van der Waals surface area contributed by atoms with Gasteiger partial charge in [-0.1, -0.05) is 6.07 Å². The summed E-state index contributed by atoms with van der Waals surface area (Å²) in [4.78, 5) is 13.9. The Morgan fingerprint density at radius 3 is 3.13 bits per heavy atom. The average Bonchev–Trinajstić information content (AvgIpc) is 2.18. The fourth-order valence-electron chi connectivity index (χ4n) is 1.00. The maximum Gasteiger partial charge on any atom is 0.266 e. The number of guanidine groups is 1. The molecule has 3 N–H and O–H groups in total. The third-order valence-corrected chi connectivity index (χ3v) is 1.63. The van der Waals surface area contributed by atoms with Crippen LogP contribution in [-0.4, -0.2) is 22.5 Å². The van der Waals surface area contributed by atoms with Crippen LogP contribution >= 0.6 is 0 Å². The molecule has 15 heavy (non-hydrogen) atoms. The van der Waals surface area contributed by atoms with Crippen LogP contribution in [0.15, 0.2) is 29.6 Å². The molecule has 0 spiro atoms. The summed E-state index contributed by atoms with van der Waals surface area (Å²) in [5.41, 5.74) is 6.25. The molecule has 1 aromatic heterocycles. The molecule has 0 atom stereocenters. The van der Waals surface area contributed by atoms with E-state index in [0.29, 0.717) is 13.0 Å². The van der Waals surface area contributed by atoms with Crippen LogP contribution in [0, 0.1) is 10.1 Å². The lowest BCUT2D eigenvalue weighted by Gasteiger charge is -2.02. The standard InChI is InChI=1S/C8H11N5O2/c9-8(12-13(14)15)11-5-3-7-2-1-4-10-6-7/h1-2,4,6H,3,5H2,(H3,9,11,12). The molecule has 1 aromatic rings. The van der Waals surface area contributed by atoms with Crippen molar-refractivity contribution in [2.24, 2.45) is 10.8 Å². The average molecular weight is 209 g/mol. The molecule has 0 aromatic carbocycles. The Balaban J connectivity index is 2.31. The molecular weight excluding hydrogens is 198 g/mol. The summed E-state index contributed by atoms with van der Waals surface area (Å²) < 4.78 is 0. The molecule has 0 fully saturated rings. The highest BCUT2D eigenvalue weighted by atomic mass is 16.7. The Labute approximate surface area is 86.2 Å². The molecule has 7 nitrogen and oxygen atoms in total. The van der Waals surface area contributed by atoms with E-state index in [9.17, 15) is 10.1 Å². The Bertz CT molecular complexity index is 351. The van der Waals surface area contributed by atoms with Gasteiger partial charge in [-0.3, -0.25) is 4.98 Å². The SMILES string of the molecule is N/C(=N\[N+](=O)[O-])NCCc1cccnc1. The minimum Gasteiger partial charge on any atom is -0.365 e. The predicted octanol–water partition coefficient (Wildman–Crippen LogP) is -0.280. The molecule has 0 unspecified atom stereocenters. The lowest BCUT2D eigenvalue weighted by molar-refractivity contribution is -0.485. The van der Waals surface area contributed by atoms with E-state index in [2.05, 4.69) is 15.4 Å². The molecule has 1 rings (SSSR count). The monoisotopic (exact) mass is 209 g/mol. The summed E-state index contributed by atoms with van der Waals surface area (Å²) in [5.74, 6) is -0.191. The van der Waals surface area contributed by atoms with Crippen LogP contribution < -0.4 is 11.1 Å². The lowest BCUT2D eigenvalue weighted by Crippen LogP contribution is -2.33. The van der Waals surface area contributed by atoms with E-state index in [0.717, 1.165) is 5.56 Å². The molecule has 0 radical (unpaired) electrons. The van der Waals surface area contributed by atoms with Crippen LogP contribution in [0.2, 0.25) is 0 Å². The Hall–Kier alpha value is -2.18.